The average molecular weight is 289 g/mol. The van der Waals surface area contributed by atoms with Crippen LogP contribution in [0.15, 0.2) is 18.2 Å². The Morgan fingerprint density at radius 1 is 1.29 bits per heavy atom. The number of unbranched alkanes of at least 4 members (excludes halogenated alkanes) is 1. The number of carboxylic acids is 1. The van der Waals surface area contributed by atoms with Gasteiger partial charge in [-0.3, -0.25) is 0 Å². The number of carbonyl (C=O) groups is 1. The lowest BCUT2D eigenvalue weighted by Crippen LogP contribution is -2.02. The minimum absolute atomic E-state index is 0.141. The minimum atomic E-state index is -0.877. The van der Waals surface area contributed by atoms with Crippen molar-refractivity contribution in [3.05, 3.63) is 35.0 Å². The Bertz CT molecular complexity index is 643. The maximum absolute atomic E-state index is 11.5. The molecular formula is C17H23NO3. The van der Waals surface area contributed by atoms with Crippen LogP contribution in [0.3, 0.4) is 0 Å². The first-order valence-corrected chi connectivity index (χ1v) is 7.56. The van der Waals surface area contributed by atoms with Gasteiger partial charge in [0.1, 0.15) is 0 Å². The quantitative estimate of drug-likeness (QED) is 0.821. The van der Waals surface area contributed by atoms with Crippen molar-refractivity contribution in [2.75, 3.05) is 6.61 Å². The number of aliphatic hydroxyl groups excluding tert-OH is 1. The van der Waals surface area contributed by atoms with Crippen LogP contribution in [0.4, 0.5) is 0 Å². The zero-order valence-electron chi connectivity index (χ0n) is 12.7. The van der Waals surface area contributed by atoms with E-state index in [1.807, 2.05) is 13.0 Å². The predicted molar refractivity (Wildman–Crippen MR) is 83.9 cm³/mol. The van der Waals surface area contributed by atoms with E-state index >= 15 is 0 Å². The number of aromatic nitrogens is 1. The summed E-state index contributed by atoms with van der Waals surface area (Å²) in [5, 5.41) is 19.4. The van der Waals surface area contributed by atoms with Gasteiger partial charge in [0.05, 0.1) is 5.56 Å². The summed E-state index contributed by atoms with van der Waals surface area (Å²) in [5.74, 6) is -0.877. The molecule has 0 atom stereocenters. The third-order valence-electron chi connectivity index (χ3n) is 4.03. The Morgan fingerprint density at radius 2 is 2.05 bits per heavy atom. The van der Waals surface area contributed by atoms with Gasteiger partial charge in [-0.15, -0.1) is 0 Å². The number of nitrogens with zero attached hydrogens (tertiary/aromatic N) is 1. The molecule has 0 saturated heterocycles. The van der Waals surface area contributed by atoms with Crippen LogP contribution in [0.25, 0.3) is 10.9 Å². The number of aromatic carboxylic acids is 1. The largest absolute Gasteiger partial charge is 0.478 e. The molecule has 0 aliphatic rings. The van der Waals surface area contributed by atoms with Crippen molar-refractivity contribution >= 4 is 16.9 Å². The van der Waals surface area contributed by atoms with Crippen LogP contribution in [0.2, 0.25) is 0 Å². The molecule has 0 radical (unpaired) electrons. The first kappa shape index (κ1) is 15.6. The molecule has 4 heteroatoms. The predicted octanol–water partition coefficient (Wildman–Crippen LogP) is 3.37. The van der Waals surface area contributed by atoms with E-state index in [-0.39, 0.29) is 6.61 Å². The molecule has 0 saturated carbocycles. The van der Waals surface area contributed by atoms with E-state index in [0.29, 0.717) is 18.5 Å². The normalized spacial score (nSPS) is 11.2. The van der Waals surface area contributed by atoms with Crippen molar-refractivity contribution in [3.8, 4) is 0 Å². The fourth-order valence-electron chi connectivity index (χ4n) is 2.96. The summed E-state index contributed by atoms with van der Waals surface area (Å²) in [7, 11) is 0. The highest BCUT2D eigenvalue weighted by atomic mass is 16.4. The molecule has 2 N–H and O–H groups in total. The number of hydrogen-bond donors (Lipinski definition) is 2. The molecule has 0 unspecified atom stereocenters. The number of benzene rings is 1. The standard InChI is InChI=1S/C17H23NO3/c1-3-4-7-13-12(2)18(10-6-11-19)15-9-5-8-14(16(13)15)17(20)21/h5,8-9,19H,3-4,6-7,10-11H2,1-2H3,(H,20,21). The molecule has 4 nitrogen and oxygen atoms in total. The maximum Gasteiger partial charge on any atom is 0.336 e. The van der Waals surface area contributed by atoms with E-state index in [0.717, 1.165) is 41.4 Å². The Morgan fingerprint density at radius 3 is 2.67 bits per heavy atom. The molecular weight excluding hydrogens is 266 g/mol. The van der Waals surface area contributed by atoms with Crippen molar-refractivity contribution < 1.29 is 15.0 Å². The molecule has 1 heterocycles. The summed E-state index contributed by atoms with van der Waals surface area (Å²) in [4.78, 5) is 11.5. The fourth-order valence-corrected chi connectivity index (χ4v) is 2.96. The summed E-state index contributed by atoms with van der Waals surface area (Å²) < 4.78 is 2.14. The first-order chi connectivity index (χ1) is 10.1. The zero-order valence-corrected chi connectivity index (χ0v) is 12.7. The van der Waals surface area contributed by atoms with Gasteiger partial charge in [0, 0.05) is 29.7 Å². The van der Waals surface area contributed by atoms with Gasteiger partial charge in [-0.2, -0.15) is 0 Å². The van der Waals surface area contributed by atoms with Gasteiger partial charge in [-0.05, 0) is 43.9 Å². The summed E-state index contributed by atoms with van der Waals surface area (Å²) in [6.45, 7) is 5.04. The fraction of sp³-hybridized carbons (Fsp3) is 0.471. The molecule has 0 fully saturated rings. The van der Waals surface area contributed by atoms with Gasteiger partial charge in [0.25, 0.3) is 0 Å². The Hall–Kier alpha value is -1.81. The number of rotatable bonds is 7. The lowest BCUT2D eigenvalue weighted by atomic mass is 10.0. The highest BCUT2D eigenvalue weighted by Crippen LogP contribution is 2.30. The number of fused-ring (bicyclic) bond motifs is 1. The van der Waals surface area contributed by atoms with Crippen LogP contribution in [0.5, 0.6) is 0 Å². The van der Waals surface area contributed by atoms with Crippen molar-refractivity contribution in [3.63, 3.8) is 0 Å². The second-order valence-corrected chi connectivity index (χ2v) is 5.40. The molecule has 0 bridgehead atoms. The van der Waals surface area contributed by atoms with Gasteiger partial charge in [-0.1, -0.05) is 19.4 Å². The van der Waals surface area contributed by atoms with Gasteiger partial charge in [-0.25, -0.2) is 4.79 Å². The van der Waals surface area contributed by atoms with Gasteiger partial charge in [0.2, 0.25) is 0 Å². The van der Waals surface area contributed by atoms with E-state index < -0.39 is 5.97 Å². The Balaban J connectivity index is 2.66. The minimum Gasteiger partial charge on any atom is -0.478 e. The topological polar surface area (TPSA) is 62.5 Å². The van der Waals surface area contributed by atoms with Gasteiger partial charge < -0.3 is 14.8 Å². The van der Waals surface area contributed by atoms with E-state index in [1.165, 1.54) is 0 Å². The third-order valence-corrected chi connectivity index (χ3v) is 4.03. The van der Waals surface area contributed by atoms with Crippen LogP contribution < -0.4 is 0 Å². The van der Waals surface area contributed by atoms with Crippen LogP contribution in [0.1, 0.15) is 47.8 Å². The lowest BCUT2D eigenvalue weighted by Gasteiger charge is -2.07. The summed E-state index contributed by atoms with van der Waals surface area (Å²) >= 11 is 0. The second-order valence-electron chi connectivity index (χ2n) is 5.40. The maximum atomic E-state index is 11.5. The molecule has 0 aliphatic carbocycles. The number of aryl methyl sites for hydroxylation is 2. The summed E-state index contributed by atoms with van der Waals surface area (Å²) in [5.41, 5.74) is 3.61. The average Bonchev–Trinajstić information content (AvgIpc) is 2.74. The second kappa shape index (κ2) is 6.76. The molecule has 0 aliphatic heterocycles. The Kier molecular flexibility index (Phi) is 5.02. The van der Waals surface area contributed by atoms with E-state index in [9.17, 15) is 9.90 Å². The number of hydrogen-bond acceptors (Lipinski definition) is 2. The van der Waals surface area contributed by atoms with Crippen LogP contribution in [-0.4, -0.2) is 27.4 Å². The number of aliphatic hydroxyl groups is 1. The molecule has 1 aromatic heterocycles. The summed E-state index contributed by atoms with van der Waals surface area (Å²) in [6, 6.07) is 5.45. The van der Waals surface area contributed by atoms with E-state index in [4.69, 9.17) is 5.11 Å². The van der Waals surface area contributed by atoms with Crippen LogP contribution >= 0.6 is 0 Å². The molecule has 114 valence electrons. The van der Waals surface area contributed by atoms with Crippen LogP contribution in [-0.2, 0) is 13.0 Å². The smallest absolute Gasteiger partial charge is 0.336 e. The van der Waals surface area contributed by atoms with Crippen molar-refractivity contribution in [1.29, 1.82) is 0 Å². The van der Waals surface area contributed by atoms with Crippen molar-refractivity contribution in [1.82, 2.24) is 4.57 Å². The molecule has 1 aromatic carbocycles. The van der Waals surface area contributed by atoms with Crippen molar-refractivity contribution in [2.24, 2.45) is 0 Å². The third kappa shape index (κ3) is 2.95. The van der Waals surface area contributed by atoms with E-state index in [1.54, 1.807) is 12.1 Å². The molecule has 2 aromatic rings. The van der Waals surface area contributed by atoms with Gasteiger partial charge in [0.15, 0.2) is 0 Å². The summed E-state index contributed by atoms with van der Waals surface area (Å²) in [6.07, 6.45) is 3.70. The first-order valence-electron chi connectivity index (χ1n) is 7.56. The molecule has 0 amide bonds. The Labute approximate surface area is 125 Å². The monoisotopic (exact) mass is 289 g/mol. The number of carboxylic acid groups (broad SMARTS) is 1. The highest BCUT2D eigenvalue weighted by Gasteiger charge is 2.19. The lowest BCUT2D eigenvalue weighted by molar-refractivity contribution is 0.0699. The van der Waals surface area contributed by atoms with Gasteiger partial charge >= 0.3 is 5.97 Å². The molecule has 2 rings (SSSR count). The van der Waals surface area contributed by atoms with Crippen molar-refractivity contribution in [2.45, 2.75) is 46.1 Å². The zero-order chi connectivity index (χ0) is 15.4. The molecule has 0 spiro atoms. The van der Waals surface area contributed by atoms with E-state index in [2.05, 4.69) is 11.5 Å². The molecule has 21 heavy (non-hydrogen) atoms. The highest BCUT2D eigenvalue weighted by molar-refractivity contribution is 6.05. The SMILES string of the molecule is CCCCc1c(C)n(CCCO)c2cccc(C(=O)O)c12. The van der Waals surface area contributed by atoms with Crippen LogP contribution in [0, 0.1) is 6.92 Å².